The number of hydrogen-bond donors (Lipinski definition) is 0. The molecule has 0 saturated carbocycles. The van der Waals surface area contributed by atoms with E-state index in [1.807, 2.05) is 0 Å². The normalized spacial score (nSPS) is 11.2. The first-order chi connectivity index (χ1) is 30.8. The van der Waals surface area contributed by atoms with Gasteiger partial charge in [-0.25, -0.2) is 0 Å². The number of nitrogens with zero attached hydrogens (tertiary/aromatic N) is 1. The molecule has 0 N–H and O–H groups in total. The summed E-state index contributed by atoms with van der Waals surface area (Å²) in [6, 6.07) is 99.6. The average molecular weight is 808 g/mol. The molecule has 0 aliphatic heterocycles. The summed E-state index contributed by atoms with van der Waals surface area (Å²) in [5.74, 6) is 0. The summed E-state index contributed by atoms with van der Waals surface area (Å²) < 4.78 is 0. The molecule has 2 heteroatoms. The molecule has 0 amide bonds. The monoisotopic (exact) mass is 807 g/mol. The zero-order chi connectivity index (χ0) is 41.6. The smallest absolute Gasteiger partial charge is 0.179 e. The summed E-state index contributed by atoms with van der Waals surface area (Å²) in [6.45, 7) is 0. The number of anilines is 3. The van der Waals surface area contributed by atoms with Gasteiger partial charge >= 0.3 is 0 Å². The molecule has 0 heterocycles. The molecule has 0 aliphatic rings. The summed E-state index contributed by atoms with van der Waals surface area (Å²) in [7, 11) is -2.66. The van der Waals surface area contributed by atoms with E-state index in [2.05, 4.69) is 278 Å². The van der Waals surface area contributed by atoms with Crippen molar-refractivity contribution in [3.05, 3.63) is 273 Å². The number of hydrogen-bond acceptors (Lipinski definition) is 1. The van der Waals surface area contributed by atoms with Crippen molar-refractivity contribution in [2.24, 2.45) is 0 Å². The minimum Gasteiger partial charge on any atom is -0.311 e. The Morgan fingerprint density at radius 2 is 0.565 bits per heavy atom. The van der Waals surface area contributed by atoms with Gasteiger partial charge in [0, 0.05) is 17.1 Å². The van der Waals surface area contributed by atoms with Crippen molar-refractivity contribution in [2.75, 3.05) is 4.90 Å². The second-order valence-electron chi connectivity index (χ2n) is 15.7. The molecule has 0 spiro atoms. The number of para-hydroxylation sites is 1. The van der Waals surface area contributed by atoms with E-state index in [4.69, 9.17) is 0 Å². The van der Waals surface area contributed by atoms with Gasteiger partial charge in [-0.15, -0.1) is 0 Å². The van der Waals surface area contributed by atoms with E-state index in [0.717, 1.165) is 17.1 Å². The Morgan fingerprint density at radius 3 is 1.02 bits per heavy atom. The molecule has 0 saturated heterocycles. The fourth-order valence-corrected chi connectivity index (χ4v) is 14.0. The topological polar surface area (TPSA) is 3.24 Å². The van der Waals surface area contributed by atoms with Crippen molar-refractivity contribution in [3.63, 3.8) is 0 Å². The van der Waals surface area contributed by atoms with Gasteiger partial charge in [-0.05, 0) is 102 Å². The van der Waals surface area contributed by atoms with Gasteiger partial charge in [-0.3, -0.25) is 0 Å². The van der Waals surface area contributed by atoms with Crippen LogP contribution in [0.15, 0.2) is 273 Å². The minimum atomic E-state index is -2.66. The molecule has 0 bridgehead atoms. The average Bonchev–Trinajstić information content (AvgIpc) is 3.36. The molecule has 10 aromatic carbocycles. The van der Waals surface area contributed by atoms with E-state index in [1.165, 1.54) is 65.3 Å². The third kappa shape index (κ3) is 7.38. The van der Waals surface area contributed by atoms with E-state index in [9.17, 15) is 0 Å². The summed E-state index contributed by atoms with van der Waals surface area (Å²) in [5, 5.41) is 5.47. The van der Waals surface area contributed by atoms with Crippen molar-refractivity contribution in [3.8, 4) is 44.5 Å². The molecular weight excluding hydrogens is 763 g/mol. The highest BCUT2D eigenvalue weighted by atomic mass is 28.3. The van der Waals surface area contributed by atoms with Crippen LogP contribution in [0.25, 0.3) is 44.5 Å². The Morgan fingerprint density at radius 1 is 0.226 bits per heavy atom. The molecule has 0 atom stereocenters. The Bertz CT molecular complexity index is 2850. The highest BCUT2D eigenvalue weighted by Gasteiger charge is 2.41. The van der Waals surface area contributed by atoms with Gasteiger partial charge < -0.3 is 4.90 Å². The maximum absolute atomic E-state index is 2.66. The maximum Gasteiger partial charge on any atom is 0.179 e. The molecule has 294 valence electrons. The van der Waals surface area contributed by atoms with Gasteiger partial charge in [0.25, 0.3) is 0 Å². The summed E-state index contributed by atoms with van der Waals surface area (Å²) in [4.78, 5) is 2.35. The van der Waals surface area contributed by atoms with E-state index in [0.29, 0.717) is 0 Å². The van der Waals surface area contributed by atoms with Crippen LogP contribution in [0.5, 0.6) is 0 Å². The van der Waals surface area contributed by atoms with Crippen LogP contribution in [0.1, 0.15) is 0 Å². The first kappa shape index (κ1) is 38.4. The molecule has 10 rings (SSSR count). The first-order valence-corrected chi connectivity index (χ1v) is 23.3. The number of rotatable bonds is 11. The molecular formula is C60H45NSi. The van der Waals surface area contributed by atoms with E-state index >= 15 is 0 Å². The van der Waals surface area contributed by atoms with Gasteiger partial charge in [0.2, 0.25) is 0 Å². The highest BCUT2D eigenvalue weighted by Crippen LogP contribution is 2.42. The van der Waals surface area contributed by atoms with Crippen molar-refractivity contribution < 1.29 is 0 Å². The lowest BCUT2D eigenvalue weighted by molar-refractivity contribution is 1.28. The fourth-order valence-electron chi connectivity index (χ4n) is 9.18. The van der Waals surface area contributed by atoms with E-state index in [1.54, 1.807) is 0 Å². The number of benzene rings is 10. The molecule has 1 nitrogen and oxygen atoms in total. The largest absolute Gasteiger partial charge is 0.311 e. The highest BCUT2D eigenvalue weighted by molar-refractivity contribution is 7.19. The second kappa shape index (κ2) is 17.4. The van der Waals surface area contributed by atoms with Gasteiger partial charge in [0.15, 0.2) is 8.07 Å². The predicted octanol–water partition coefficient (Wildman–Crippen LogP) is 13.2. The third-order valence-corrected chi connectivity index (χ3v) is 16.8. The van der Waals surface area contributed by atoms with Crippen molar-refractivity contribution in [1.82, 2.24) is 0 Å². The van der Waals surface area contributed by atoms with Crippen molar-refractivity contribution in [1.29, 1.82) is 0 Å². The Kier molecular flexibility index (Phi) is 10.8. The molecule has 10 aromatic rings. The Hall–Kier alpha value is -7.78. The lowest BCUT2D eigenvalue weighted by Crippen LogP contribution is -2.74. The van der Waals surface area contributed by atoms with Crippen LogP contribution < -0.4 is 25.6 Å². The Balaban J connectivity index is 1.05. The van der Waals surface area contributed by atoms with Gasteiger partial charge in [0.1, 0.15) is 0 Å². The summed E-state index contributed by atoms with van der Waals surface area (Å²) in [5.41, 5.74) is 12.9. The maximum atomic E-state index is 2.44. The molecule has 0 unspecified atom stereocenters. The molecule has 0 radical (unpaired) electrons. The SMILES string of the molecule is c1ccc(-c2cccc(-c3ccccc3)c2-c2ccc(N(c3ccccc3)c3ccc(-c4cccc([Si](c5ccccc5)(c5ccccc5)c5ccccc5)c4)cc3)cc2)cc1. The second-order valence-corrected chi connectivity index (χ2v) is 19.5. The van der Waals surface area contributed by atoms with E-state index in [-0.39, 0.29) is 0 Å². The minimum absolute atomic E-state index is 1.09. The van der Waals surface area contributed by atoms with Crippen LogP contribution in [0.2, 0.25) is 0 Å². The standard InChI is InChI=1S/C60H45NSi/c1-7-21-47(22-8-1)58-35-20-36-59(48-23-9-2-10-24-48)60(58)49-39-43-53(44-40-49)61(51-26-11-3-12-27-51)52-41-37-46(38-42-52)50-25-19-34-57(45-50)62(54-28-13-4-14-29-54,55-30-15-5-16-31-55)56-32-17-6-18-33-56/h1-45H. The fraction of sp³-hybridized carbons (Fsp3) is 0. The molecule has 0 aromatic heterocycles. The lowest BCUT2D eigenvalue weighted by atomic mass is 9.87. The zero-order valence-corrected chi connectivity index (χ0v) is 35.4. The predicted molar refractivity (Wildman–Crippen MR) is 266 cm³/mol. The third-order valence-electron chi connectivity index (χ3n) is 12.0. The van der Waals surface area contributed by atoms with Crippen LogP contribution in [0.3, 0.4) is 0 Å². The Labute approximate surface area is 366 Å². The summed E-state index contributed by atoms with van der Waals surface area (Å²) in [6.07, 6.45) is 0. The first-order valence-electron chi connectivity index (χ1n) is 21.3. The van der Waals surface area contributed by atoms with Crippen molar-refractivity contribution >= 4 is 45.9 Å². The van der Waals surface area contributed by atoms with Crippen LogP contribution in [0, 0.1) is 0 Å². The summed E-state index contributed by atoms with van der Waals surface area (Å²) >= 11 is 0. The van der Waals surface area contributed by atoms with Crippen molar-refractivity contribution in [2.45, 2.75) is 0 Å². The molecule has 0 fully saturated rings. The molecule has 62 heavy (non-hydrogen) atoms. The quantitative estimate of drug-likeness (QED) is 0.0929. The van der Waals surface area contributed by atoms with Crippen LogP contribution in [-0.2, 0) is 0 Å². The van der Waals surface area contributed by atoms with Gasteiger partial charge in [0.05, 0.1) is 0 Å². The van der Waals surface area contributed by atoms with Gasteiger partial charge in [-0.2, -0.15) is 0 Å². The lowest BCUT2D eigenvalue weighted by Gasteiger charge is -2.34. The van der Waals surface area contributed by atoms with Crippen LogP contribution >= 0.6 is 0 Å². The molecule has 0 aliphatic carbocycles. The van der Waals surface area contributed by atoms with E-state index < -0.39 is 8.07 Å². The van der Waals surface area contributed by atoms with Crippen LogP contribution in [-0.4, -0.2) is 8.07 Å². The van der Waals surface area contributed by atoms with Crippen LogP contribution in [0.4, 0.5) is 17.1 Å². The zero-order valence-electron chi connectivity index (χ0n) is 34.4. The van der Waals surface area contributed by atoms with Gasteiger partial charge in [-0.1, -0.05) is 237 Å².